The second kappa shape index (κ2) is 5.19. The third kappa shape index (κ3) is 2.56. The summed E-state index contributed by atoms with van der Waals surface area (Å²) in [6.45, 7) is 1.95. The Morgan fingerprint density at radius 1 is 1.24 bits per heavy atom. The smallest absolute Gasteiger partial charge is 0.254 e. The second-order valence-electron chi connectivity index (χ2n) is 6.26. The summed E-state index contributed by atoms with van der Waals surface area (Å²) in [6.07, 6.45) is 6.65. The van der Waals surface area contributed by atoms with Gasteiger partial charge in [0.15, 0.2) is 0 Å². The topological polar surface area (TPSA) is 48.1 Å². The van der Waals surface area contributed by atoms with Gasteiger partial charge in [0.1, 0.15) is 0 Å². The normalized spacial score (nSPS) is 21.8. The second-order valence-corrected chi connectivity index (χ2v) is 6.26. The number of hydrogen-bond donors (Lipinski definition) is 2. The van der Waals surface area contributed by atoms with Crippen molar-refractivity contribution in [3.8, 4) is 0 Å². The van der Waals surface area contributed by atoms with E-state index in [1.807, 2.05) is 30.5 Å². The van der Waals surface area contributed by atoms with E-state index >= 15 is 0 Å². The summed E-state index contributed by atoms with van der Waals surface area (Å²) in [6, 6.07) is 8.91. The Morgan fingerprint density at radius 2 is 2.14 bits per heavy atom. The van der Waals surface area contributed by atoms with Crippen molar-refractivity contribution in [1.29, 1.82) is 0 Å². The van der Waals surface area contributed by atoms with Crippen molar-refractivity contribution in [3.63, 3.8) is 0 Å². The van der Waals surface area contributed by atoms with Crippen molar-refractivity contribution < 1.29 is 4.79 Å². The number of nitrogens with one attached hydrogen (secondary N) is 2. The van der Waals surface area contributed by atoms with E-state index in [2.05, 4.69) is 15.2 Å². The van der Waals surface area contributed by atoms with E-state index in [1.165, 1.54) is 12.8 Å². The molecule has 2 aliphatic rings. The van der Waals surface area contributed by atoms with Gasteiger partial charge in [-0.25, -0.2) is 0 Å². The zero-order valence-corrected chi connectivity index (χ0v) is 12.1. The van der Waals surface area contributed by atoms with E-state index in [1.54, 1.807) is 0 Å². The van der Waals surface area contributed by atoms with Crippen LogP contribution in [-0.2, 0) is 0 Å². The van der Waals surface area contributed by atoms with Gasteiger partial charge < -0.3 is 15.2 Å². The largest absolute Gasteiger partial charge is 0.361 e. The van der Waals surface area contributed by atoms with Gasteiger partial charge >= 0.3 is 0 Å². The molecule has 0 radical (unpaired) electrons. The van der Waals surface area contributed by atoms with Crippen molar-refractivity contribution in [2.45, 2.75) is 37.8 Å². The van der Waals surface area contributed by atoms with E-state index in [-0.39, 0.29) is 5.91 Å². The lowest BCUT2D eigenvalue weighted by Crippen LogP contribution is -2.42. The van der Waals surface area contributed by atoms with Crippen LogP contribution in [0.5, 0.6) is 0 Å². The molecule has 1 saturated heterocycles. The standard InChI is InChI=1S/C17H21N3O/c21-17(13-3-6-16-12(10-13)7-9-19-16)20(15-4-5-15)11-14-2-1-8-18-14/h3,6-7,9-10,14-15,18-19H,1-2,4-5,8,11H2. The molecule has 1 amide bonds. The summed E-state index contributed by atoms with van der Waals surface area (Å²) >= 11 is 0. The summed E-state index contributed by atoms with van der Waals surface area (Å²) in [5.41, 5.74) is 1.90. The fraction of sp³-hybridized carbons (Fsp3) is 0.471. The van der Waals surface area contributed by atoms with Crippen molar-refractivity contribution >= 4 is 16.8 Å². The highest BCUT2D eigenvalue weighted by Gasteiger charge is 2.34. The number of amides is 1. The molecule has 2 heterocycles. The Bertz CT molecular complexity index is 653. The fourth-order valence-corrected chi connectivity index (χ4v) is 3.29. The van der Waals surface area contributed by atoms with Gasteiger partial charge in [0.25, 0.3) is 5.91 Å². The molecule has 1 aliphatic carbocycles. The van der Waals surface area contributed by atoms with Crippen LogP contribution in [0.3, 0.4) is 0 Å². The molecule has 4 rings (SSSR count). The van der Waals surface area contributed by atoms with Gasteiger partial charge in [0, 0.05) is 41.3 Å². The minimum Gasteiger partial charge on any atom is -0.361 e. The third-order valence-electron chi connectivity index (χ3n) is 4.63. The number of benzene rings is 1. The number of rotatable bonds is 4. The molecule has 1 unspecified atom stereocenters. The third-order valence-corrected chi connectivity index (χ3v) is 4.63. The first-order valence-electron chi connectivity index (χ1n) is 7.93. The van der Waals surface area contributed by atoms with E-state index in [4.69, 9.17) is 0 Å². The van der Waals surface area contributed by atoms with Gasteiger partial charge in [-0.15, -0.1) is 0 Å². The maximum absolute atomic E-state index is 12.9. The minimum atomic E-state index is 0.189. The zero-order chi connectivity index (χ0) is 14.2. The Hall–Kier alpha value is -1.81. The van der Waals surface area contributed by atoms with Crippen LogP contribution in [0, 0.1) is 0 Å². The number of aromatic amines is 1. The van der Waals surface area contributed by atoms with E-state index in [0.29, 0.717) is 12.1 Å². The van der Waals surface area contributed by atoms with Gasteiger partial charge in [-0.3, -0.25) is 4.79 Å². The minimum absolute atomic E-state index is 0.189. The molecule has 4 nitrogen and oxygen atoms in total. The SMILES string of the molecule is O=C(c1ccc2[nH]ccc2c1)N(CC1CCCN1)C1CC1. The number of nitrogens with zero attached hydrogens (tertiary/aromatic N) is 1. The van der Waals surface area contributed by atoms with Crippen LogP contribution in [0.15, 0.2) is 30.5 Å². The highest BCUT2D eigenvalue weighted by Crippen LogP contribution is 2.29. The summed E-state index contributed by atoms with van der Waals surface area (Å²) in [5, 5.41) is 4.61. The lowest BCUT2D eigenvalue weighted by atomic mass is 10.1. The maximum Gasteiger partial charge on any atom is 0.254 e. The van der Waals surface area contributed by atoms with Crippen LogP contribution in [0.4, 0.5) is 0 Å². The number of carbonyl (C=O) groups excluding carboxylic acids is 1. The molecule has 110 valence electrons. The first kappa shape index (κ1) is 12.9. The number of hydrogen-bond acceptors (Lipinski definition) is 2. The molecule has 0 bridgehead atoms. The first-order chi connectivity index (χ1) is 10.3. The summed E-state index contributed by atoms with van der Waals surface area (Å²) in [4.78, 5) is 18.1. The van der Waals surface area contributed by atoms with Crippen molar-refractivity contribution in [1.82, 2.24) is 15.2 Å². The molecule has 2 aromatic rings. The van der Waals surface area contributed by atoms with Crippen LogP contribution >= 0.6 is 0 Å². The average molecular weight is 283 g/mol. The van der Waals surface area contributed by atoms with Crippen molar-refractivity contribution in [2.75, 3.05) is 13.1 Å². The fourth-order valence-electron chi connectivity index (χ4n) is 3.29. The van der Waals surface area contributed by atoms with Crippen LogP contribution < -0.4 is 5.32 Å². The average Bonchev–Trinajstić information content (AvgIpc) is 3.02. The Kier molecular flexibility index (Phi) is 3.19. The van der Waals surface area contributed by atoms with Crippen molar-refractivity contribution in [2.24, 2.45) is 0 Å². The Balaban J connectivity index is 1.57. The molecular formula is C17H21N3O. The van der Waals surface area contributed by atoms with Crippen LogP contribution in [-0.4, -0.2) is 41.0 Å². The molecular weight excluding hydrogens is 262 g/mol. The zero-order valence-electron chi connectivity index (χ0n) is 12.1. The molecule has 1 aromatic heterocycles. The number of fused-ring (bicyclic) bond motifs is 1. The lowest BCUT2D eigenvalue weighted by Gasteiger charge is -2.26. The molecule has 21 heavy (non-hydrogen) atoms. The maximum atomic E-state index is 12.9. The van der Waals surface area contributed by atoms with E-state index in [0.717, 1.165) is 42.4 Å². The molecule has 1 saturated carbocycles. The Morgan fingerprint density at radius 3 is 2.90 bits per heavy atom. The molecule has 1 aliphatic heterocycles. The van der Waals surface area contributed by atoms with Crippen LogP contribution in [0.2, 0.25) is 0 Å². The monoisotopic (exact) mass is 283 g/mol. The van der Waals surface area contributed by atoms with Gasteiger partial charge in [-0.05, 0) is 56.5 Å². The van der Waals surface area contributed by atoms with E-state index in [9.17, 15) is 4.79 Å². The van der Waals surface area contributed by atoms with Crippen molar-refractivity contribution in [3.05, 3.63) is 36.0 Å². The summed E-state index contributed by atoms with van der Waals surface area (Å²) in [5.74, 6) is 0.189. The highest BCUT2D eigenvalue weighted by atomic mass is 16.2. The number of carbonyl (C=O) groups is 1. The summed E-state index contributed by atoms with van der Waals surface area (Å²) < 4.78 is 0. The molecule has 1 atom stereocenters. The number of H-pyrrole nitrogens is 1. The van der Waals surface area contributed by atoms with Crippen LogP contribution in [0.1, 0.15) is 36.0 Å². The lowest BCUT2D eigenvalue weighted by molar-refractivity contribution is 0.0729. The quantitative estimate of drug-likeness (QED) is 0.906. The summed E-state index contributed by atoms with van der Waals surface area (Å²) in [7, 11) is 0. The first-order valence-corrected chi connectivity index (χ1v) is 7.93. The number of aromatic nitrogens is 1. The van der Waals surface area contributed by atoms with Gasteiger partial charge in [0.05, 0.1) is 0 Å². The predicted molar refractivity (Wildman–Crippen MR) is 83.4 cm³/mol. The van der Waals surface area contributed by atoms with Crippen LogP contribution in [0.25, 0.3) is 10.9 Å². The molecule has 1 aromatic carbocycles. The molecule has 2 fully saturated rings. The molecule has 2 N–H and O–H groups in total. The Labute approximate surface area is 124 Å². The van der Waals surface area contributed by atoms with E-state index < -0.39 is 0 Å². The van der Waals surface area contributed by atoms with Gasteiger partial charge in [0.2, 0.25) is 0 Å². The predicted octanol–water partition coefficient (Wildman–Crippen LogP) is 2.52. The van der Waals surface area contributed by atoms with Gasteiger partial charge in [-0.1, -0.05) is 0 Å². The van der Waals surface area contributed by atoms with Gasteiger partial charge in [-0.2, -0.15) is 0 Å². The molecule has 4 heteroatoms. The molecule has 0 spiro atoms. The highest BCUT2D eigenvalue weighted by molar-refractivity contribution is 5.98.